The number of nitrogens with one attached hydrogen (secondary N) is 1. The second kappa shape index (κ2) is 9.07. The largest absolute Gasteiger partial charge is 0.508 e. The molecule has 142 valence electrons. The van der Waals surface area contributed by atoms with Crippen LogP contribution in [-0.2, 0) is 16.0 Å². The van der Waals surface area contributed by atoms with E-state index < -0.39 is 0 Å². The summed E-state index contributed by atoms with van der Waals surface area (Å²) >= 11 is 0. The van der Waals surface area contributed by atoms with Crippen LogP contribution < -0.4 is 10.2 Å². The van der Waals surface area contributed by atoms with Crippen LogP contribution in [0.25, 0.3) is 0 Å². The molecule has 1 aliphatic heterocycles. The Balaban J connectivity index is 1.37. The lowest BCUT2D eigenvalue weighted by Crippen LogP contribution is -2.49. The van der Waals surface area contributed by atoms with Gasteiger partial charge in [-0.05, 0) is 18.2 Å². The van der Waals surface area contributed by atoms with Crippen molar-refractivity contribution in [1.29, 1.82) is 0 Å². The summed E-state index contributed by atoms with van der Waals surface area (Å²) in [6.07, 6.45) is 0.397. The van der Waals surface area contributed by atoms with E-state index in [4.69, 9.17) is 0 Å². The lowest BCUT2D eigenvalue weighted by molar-refractivity contribution is -0.131. The monoisotopic (exact) mass is 367 g/mol. The molecule has 0 aromatic heterocycles. The molecule has 0 bridgehead atoms. The molecule has 6 nitrogen and oxygen atoms in total. The molecule has 27 heavy (non-hydrogen) atoms. The van der Waals surface area contributed by atoms with Crippen LogP contribution in [0.15, 0.2) is 54.6 Å². The third-order valence-corrected chi connectivity index (χ3v) is 4.76. The molecule has 0 atom stereocenters. The van der Waals surface area contributed by atoms with Crippen molar-refractivity contribution in [2.45, 2.75) is 12.8 Å². The molecule has 1 fully saturated rings. The lowest BCUT2D eigenvalue weighted by Gasteiger charge is -2.36. The third-order valence-electron chi connectivity index (χ3n) is 4.76. The Bertz CT molecular complexity index is 771. The first-order chi connectivity index (χ1) is 13.1. The zero-order valence-corrected chi connectivity index (χ0v) is 15.3. The molecule has 0 aliphatic carbocycles. The van der Waals surface area contributed by atoms with Crippen molar-refractivity contribution in [3.8, 4) is 5.75 Å². The first-order valence-corrected chi connectivity index (χ1v) is 9.25. The topological polar surface area (TPSA) is 72.9 Å². The van der Waals surface area contributed by atoms with Crippen LogP contribution in [0.2, 0.25) is 0 Å². The van der Waals surface area contributed by atoms with Gasteiger partial charge in [0, 0.05) is 50.4 Å². The van der Waals surface area contributed by atoms with Crippen molar-refractivity contribution in [2.75, 3.05) is 37.6 Å². The van der Waals surface area contributed by atoms with Gasteiger partial charge in [-0.2, -0.15) is 0 Å². The minimum absolute atomic E-state index is 0.0607. The van der Waals surface area contributed by atoms with Gasteiger partial charge < -0.3 is 20.2 Å². The first-order valence-electron chi connectivity index (χ1n) is 9.25. The van der Waals surface area contributed by atoms with Crippen molar-refractivity contribution in [2.24, 2.45) is 0 Å². The van der Waals surface area contributed by atoms with Crippen LogP contribution >= 0.6 is 0 Å². The fraction of sp³-hybridized carbons (Fsp3) is 0.333. The first kappa shape index (κ1) is 18.8. The average Bonchev–Trinajstić information content (AvgIpc) is 2.70. The summed E-state index contributed by atoms with van der Waals surface area (Å²) < 4.78 is 0. The Morgan fingerprint density at radius 3 is 2.30 bits per heavy atom. The van der Waals surface area contributed by atoms with E-state index in [9.17, 15) is 14.7 Å². The van der Waals surface area contributed by atoms with E-state index in [-0.39, 0.29) is 30.4 Å². The van der Waals surface area contributed by atoms with E-state index in [0.29, 0.717) is 25.2 Å². The van der Waals surface area contributed by atoms with Gasteiger partial charge in [-0.25, -0.2) is 0 Å². The highest BCUT2D eigenvalue weighted by Gasteiger charge is 2.21. The van der Waals surface area contributed by atoms with Crippen molar-refractivity contribution in [3.05, 3.63) is 60.2 Å². The normalized spacial score (nSPS) is 14.1. The quantitative estimate of drug-likeness (QED) is 0.817. The van der Waals surface area contributed by atoms with E-state index in [2.05, 4.69) is 22.3 Å². The maximum atomic E-state index is 12.4. The molecular weight excluding hydrogens is 342 g/mol. The van der Waals surface area contributed by atoms with E-state index >= 15 is 0 Å². The predicted octanol–water partition coefficient (Wildman–Crippen LogP) is 1.79. The molecule has 1 aliphatic rings. The van der Waals surface area contributed by atoms with Crippen molar-refractivity contribution < 1.29 is 14.7 Å². The van der Waals surface area contributed by atoms with E-state index in [1.54, 1.807) is 24.3 Å². The molecule has 3 rings (SSSR count). The number of para-hydroxylation sites is 2. The van der Waals surface area contributed by atoms with Crippen LogP contribution in [0.1, 0.15) is 12.0 Å². The summed E-state index contributed by atoms with van der Waals surface area (Å²) in [5.41, 5.74) is 1.76. The highest BCUT2D eigenvalue weighted by molar-refractivity contribution is 5.81. The van der Waals surface area contributed by atoms with Gasteiger partial charge in [0.1, 0.15) is 5.75 Å². The van der Waals surface area contributed by atoms with Gasteiger partial charge in [-0.15, -0.1) is 0 Å². The molecule has 1 heterocycles. The fourth-order valence-electron chi connectivity index (χ4n) is 3.22. The molecule has 1 saturated heterocycles. The van der Waals surface area contributed by atoms with Crippen LogP contribution in [0, 0.1) is 0 Å². The molecule has 2 aromatic rings. The summed E-state index contributed by atoms with van der Waals surface area (Å²) in [6, 6.07) is 17.0. The summed E-state index contributed by atoms with van der Waals surface area (Å²) in [7, 11) is 0. The molecule has 0 radical (unpaired) electrons. The molecule has 2 aromatic carbocycles. The van der Waals surface area contributed by atoms with Crippen molar-refractivity contribution in [1.82, 2.24) is 10.2 Å². The highest BCUT2D eigenvalue weighted by atomic mass is 16.3. The maximum absolute atomic E-state index is 12.4. The van der Waals surface area contributed by atoms with Crippen molar-refractivity contribution in [3.63, 3.8) is 0 Å². The Labute approximate surface area is 159 Å². The number of aromatic hydroxyl groups is 1. The number of hydrogen-bond donors (Lipinski definition) is 2. The van der Waals surface area contributed by atoms with Gasteiger partial charge in [-0.1, -0.05) is 36.4 Å². The zero-order valence-electron chi connectivity index (χ0n) is 15.3. The predicted molar refractivity (Wildman–Crippen MR) is 105 cm³/mol. The summed E-state index contributed by atoms with van der Waals surface area (Å²) in [4.78, 5) is 28.5. The van der Waals surface area contributed by atoms with E-state index in [0.717, 1.165) is 13.1 Å². The molecule has 2 N–H and O–H groups in total. The van der Waals surface area contributed by atoms with Gasteiger partial charge in [-0.3, -0.25) is 9.59 Å². The Kier molecular flexibility index (Phi) is 6.30. The summed E-state index contributed by atoms with van der Waals surface area (Å²) in [5, 5.41) is 12.5. The Hall–Kier alpha value is -3.02. The summed E-state index contributed by atoms with van der Waals surface area (Å²) in [6.45, 7) is 3.33. The Morgan fingerprint density at radius 2 is 1.59 bits per heavy atom. The second-order valence-electron chi connectivity index (χ2n) is 6.61. The van der Waals surface area contributed by atoms with Gasteiger partial charge in [0.2, 0.25) is 11.8 Å². The van der Waals surface area contributed by atoms with Gasteiger partial charge in [0.15, 0.2) is 0 Å². The van der Waals surface area contributed by atoms with Crippen molar-refractivity contribution >= 4 is 17.5 Å². The Morgan fingerprint density at radius 1 is 0.926 bits per heavy atom. The van der Waals surface area contributed by atoms with Gasteiger partial charge in [0.25, 0.3) is 0 Å². The number of amides is 2. The number of benzene rings is 2. The van der Waals surface area contributed by atoms with Crippen LogP contribution in [0.5, 0.6) is 5.75 Å². The number of carbonyl (C=O) groups is 2. The minimum atomic E-state index is -0.196. The maximum Gasteiger partial charge on any atom is 0.224 e. The van der Waals surface area contributed by atoms with Gasteiger partial charge >= 0.3 is 0 Å². The number of phenolic OH excluding ortho intramolecular Hbond substituents is 1. The number of hydrogen-bond acceptors (Lipinski definition) is 4. The minimum Gasteiger partial charge on any atom is -0.508 e. The molecule has 2 amide bonds. The lowest BCUT2D eigenvalue weighted by atomic mass is 10.1. The molecule has 0 unspecified atom stereocenters. The number of carbonyl (C=O) groups excluding carboxylic acids is 2. The van der Waals surface area contributed by atoms with Crippen LogP contribution in [0.4, 0.5) is 5.69 Å². The molecule has 0 saturated carbocycles. The van der Waals surface area contributed by atoms with Crippen LogP contribution in [0.3, 0.4) is 0 Å². The fourth-order valence-corrected chi connectivity index (χ4v) is 3.22. The SMILES string of the molecule is O=C(Cc1ccccc1O)NCCC(=O)N1CCN(c2ccccc2)CC1. The number of rotatable bonds is 6. The standard InChI is InChI=1S/C21H25N3O3/c25-19-9-5-4-6-17(19)16-20(26)22-11-10-21(27)24-14-12-23(13-15-24)18-7-2-1-3-8-18/h1-9,25H,10-16H2,(H,22,26). The number of phenols is 1. The number of piperazine rings is 1. The van der Waals surface area contributed by atoms with E-state index in [1.165, 1.54) is 5.69 Å². The zero-order chi connectivity index (χ0) is 19.1. The van der Waals surface area contributed by atoms with Crippen LogP contribution in [-0.4, -0.2) is 54.5 Å². The molecular formula is C21H25N3O3. The molecule has 0 spiro atoms. The number of anilines is 1. The van der Waals surface area contributed by atoms with Gasteiger partial charge in [0.05, 0.1) is 6.42 Å². The highest BCUT2D eigenvalue weighted by Crippen LogP contribution is 2.16. The number of nitrogens with zero attached hydrogens (tertiary/aromatic N) is 2. The average molecular weight is 367 g/mol. The summed E-state index contributed by atoms with van der Waals surface area (Å²) in [5.74, 6) is -0.0243. The van der Waals surface area contributed by atoms with E-state index in [1.807, 2.05) is 23.1 Å². The molecule has 6 heteroatoms. The second-order valence-corrected chi connectivity index (χ2v) is 6.61. The third kappa shape index (κ3) is 5.23. The smallest absolute Gasteiger partial charge is 0.224 e.